The van der Waals surface area contributed by atoms with Crippen LogP contribution in [-0.4, -0.2) is 29.0 Å². The van der Waals surface area contributed by atoms with Crippen molar-refractivity contribution in [3.05, 3.63) is 77.1 Å². The van der Waals surface area contributed by atoms with E-state index < -0.39 is 0 Å². The molecule has 0 aliphatic carbocycles. The van der Waals surface area contributed by atoms with Crippen LogP contribution in [0.1, 0.15) is 22.5 Å². The van der Waals surface area contributed by atoms with Gasteiger partial charge in [0, 0.05) is 17.9 Å². The predicted octanol–water partition coefficient (Wildman–Crippen LogP) is 3.92. The van der Waals surface area contributed by atoms with Crippen LogP contribution in [0.5, 0.6) is 5.75 Å². The summed E-state index contributed by atoms with van der Waals surface area (Å²) in [4.78, 5) is 12.2. The van der Waals surface area contributed by atoms with Gasteiger partial charge in [0.2, 0.25) is 0 Å². The molecule has 30 heavy (non-hydrogen) atoms. The lowest BCUT2D eigenvalue weighted by molar-refractivity contribution is 0.252. The van der Waals surface area contributed by atoms with Gasteiger partial charge in [-0.3, -0.25) is 4.68 Å². The number of amides is 2. The van der Waals surface area contributed by atoms with Gasteiger partial charge in [0.15, 0.2) is 0 Å². The number of nitrogens with zero attached hydrogens (tertiary/aromatic N) is 2. The minimum absolute atomic E-state index is 0.229. The summed E-state index contributed by atoms with van der Waals surface area (Å²) in [7, 11) is 0. The van der Waals surface area contributed by atoms with Gasteiger partial charge in [0.25, 0.3) is 0 Å². The molecular weight excluding hydrogens is 376 g/mol. The second-order valence-electron chi connectivity index (χ2n) is 7.05. The Labute approximate surface area is 177 Å². The Kier molecular flexibility index (Phi) is 7.12. The molecule has 0 saturated carbocycles. The topological polar surface area (TPSA) is 68.2 Å². The van der Waals surface area contributed by atoms with Gasteiger partial charge < -0.3 is 15.4 Å². The van der Waals surface area contributed by atoms with E-state index in [2.05, 4.69) is 21.7 Å². The normalized spacial score (nSPS) is 10.3. The van der Waals surface area contributed by atoms with Crippen LogP contribution in [0.4, 0.5) is 10.5 Å². The molecule has 1 heterocycles. The first-order valence-electron chi connectivity index (χ1n) is 9.83. The van der Waals surface area contributed by atoms with Crippen molar-refractivity contribution in [2.45, 2.75) is 26.8 Å². The van der Waals surface area contributed by atoms with E-state index in [1.165, 1.54) is 0 Å². The lowest BCUT2D eigenvalue weighted by Crippen LogP contribution is -2.30. The van der Waals surface area contributed by atoms with Gasteiger partial charge in [-0.25, -0.2) is 4.79 Å². The molecule has 0 fully saturated rings. The van der Waals surface area contributed by atoms with Crippen molar-refractivity contribution in [1.29, 1.82) is 0 Å². The molecule has 0 saturated heterocycles. The minimum atomic E-state index is -0.229. The standard InChI is InChI=1S/C24H26N4O2/c1-4-14-30-23-10-8-20(9-11-23)12-13-25-24(29)26-22-7-5-6-21(16-22)17-28-19(3)15-18(2)27-28/h1,5-11,15-16H,12-14,17H2,2-3H3,(H2,25,26,29). The molecule has 0 radical (unpaired) electrons. The highest BCUT2D eigenvalue weighted by Gasteiger charge is 2.05. The van der Waals surface area contributed by atoms with Crippen LogP contribution in [0.15, 0.2) is 54.6 Å². The number of benzene rings is 2. The van der Waals surface area contributed by atoms with Crippen molar-refractivity contribution in [2.75, 3.05) is 18.5 Å². The Balaban J connectivity index is 1.47. The number of aromatic nitrogens is 2. The average molecular weight is 402 g/mol. The largest absolute Gasteiger partial charge is 0.481 e. The highest BCUT2D eigenvalue weighted by atomic mass is 16.5. The number of rotatable bonds is 8. The highest BCUT2D eigenvalue weighted by Crippen LogP contribution is 2.14. The zero-order valence-electron chi connectivity index (χ0n) is 17.3. The van der Waals surface area contributed by atoms with Gasteiger partial charge in [0.1, 0.15) is 12.4 Å². The molecule has 0 unspecified atom stereocenters. The van der Waals surface area contributed by atoms with Crippen molar-refractivity contribution in [3.8, 4) is 18.1 Å². The smallest absolute Gasteiger partial charge is 0.319 e. The fraction of sp³-hybridized carbons (Fsp3) is 0.250. The molecule has 0 spiro atoms. The van der Waals surface area contributed by atoms with Crippen molar-refractivity contribution < 1.29 is 9.53 Å². The first-order chi connectivity index (χ1) is 14.5. The monoisotopic (exact) mass is 402 g/mol. The quantitative estimate of drug-likeness (QED) is 0.561. The van der Waals surface area contributed by atoms with Crippen LogP contribution in [-0.2, 0) is 13.0 Å². The molecule has 6 heteroatoms. The number of hydrogen-bond acceptors (Lipinski definition) is 3. The molecule has 6 nitrogen and oxygen atoms in total. The van der Waals surface area contributed by atoms with E-state index in [4.69, 9.17) is 11.2 Å². The summed E-state index contributed by atoms with van der Waals surface area (Å²) in [5.41, 5.74) is 5.04. The summed E-state index contributed by atoms with van der Waals surface area (Å²) in [6, 6.07) is 17.3. The summed E-state index contributed by atoms with van der Waals surface area (Å²) in [6.45, 7) is 5.46. The Bertz CT molecular complexity index is 1030. The SMILES string of the molecule is C#CCOc1ccc(CCNC(=O)Nc2cccc(Cn3nc(C)cc3C)c2)cc1. The van der Waals surface area contributed by atoms with Gasteiger partial charge in [-0.1, -0.05) is 30.2 Å². The Morgan fingerprint density at radius 1 is 1.13 bits per heavy atom. The number of anilines is 1. The third-order valence-corrected chi connectivity index (χ3v) is 4.57. The lowest BCUT2D eigenvalue weighted by atomic mass is 10.1. The van der Waals surface area contributed by atoms with Crippen LogP contribution in [0.25, 0.3) is 0 Å². The lowest BCUT2D eigenvalue weighted by Gasteiger charge is -2.10. The number of carbonyl (C=O) groups excluding carboxylic acids is 1. The van der Waals surface area contributed by atoms with Crippen LogP contribution in [0, 0.1) is 26.2 Å². The summed E-state index contributed by atoms with van der Waals surface area (Å²) < 4.78 is 7.31. The molecule has 1 aromatic heterocycles. The van der Waals surface area contributed by atoms with Crippen molar-refractivity contribution in [2.24, 2.45) is 0 Å². The maximum atomic E-state index is 12.2. The van der Waals surface area contributed by atoms with Gasteiger partial charge in [-0.05, 0) is 61.7 Å². The summed E-state index contributed by atoms with van der Waals surface area (Å²) in [6.07, 6.45) is 5.90. The molecule has 0 atom stereocenters. The maximum absolute atomic E-state index is 12.2. The number of nitrogens with one attached hydrogen (secondary N) is 2. The minimum Gasteiger partial charge on any atom is -0.481 e. The third-order valence-electron chi connectivity index (χ3n) is 4.57. The van der Waals surface area contributed by atoms with Crippen LogP contribution < -0.4 is 15.4 Å². The molecular formula is C24H26N4O2. The summed E-state index contributed by atoms with van der Waals surface area (Å²) in [5.74, 6) is 3.17. The molecule has 0 bridgehead atoms. The zero-order valence-corrected chi connectivity index (χ0v) is 17.3. The van der Waals surface area contributed by atoms with Crippen molar-refractivity contribution in [3.63, 3.8) is 0 Å². The van der Waals surface area contributed by atoms with Crippen molar-refractivity contribution in [1.82, 2.24) is 15.1 Å². The Morgan fingerprint density at radius 3 is 2.63 bits per heavy atom. The molecule has 2 N–H and O–H groups in total. The molecule has 154 valence electrons. The van der Waals surface area contributed by atoms with E-state index in [0.717, 1.165) is 40.4 Å². The molecule has 0 aliphatic heterocycles. The Morgan fingerprint density at radius 2 is 1.93 bits per heavy atom. The molecule has 0 aliphatic rings. The number of carbonyl (C=O) groups is 1. The fourth-order valence-corrected chi connectivity index (χ4v) is 3.13. The van der Waals surface area contributed by atoms with Gasteiger partial charge in [-0.2, -0.15) is 5.10 Å². The highest BCUT2D eigenvalue weighted by molar-refractivity contribution is 5.89. The van der Waals surface area contributed by atoms with E-state index in [0.29, 0.717) is 13.1 Å². The number of urea groups is 1. The first kappa shape index (κ1) is 21.0. The van der Waals surface area contributed by atoms with E-state index >= 15 is 0 Å². The molecule has 2 amide bonds. The average Bonchev–Trinajstić information content (AvgIpc) is 3.04. The molecule has 2 aromatic carbocycles. The van der Waals surface area contributed by atoms with Crippen LogP contribution in [0.3, 0.4) is 0 Å². The zero-order chi connectivity index (χ0) is 21.3. The van der Waals surface area contributed by atoms with E-state index in [1.807, 2.05) is 73.1 Å². The van der Waals surface area contributed by atoms with Gasteiger partial charge in [-0.15, -0.1) is 6.42 Å². The third kappa shape index (κ3) is 6.14. The van der Waals surface area contributed by atoms with Crippen molar-refractivity contribution >= 4 is 11.7 Å². The van der Waals surface area contributed by atoms with Crippen LogP contribution >= 0.6 is 0 Å². The van der Waals surface area contributed by atoms with E-state index in [-0.39, 0.29) is 12.6 Å². The second-order valence-corrected chi connectivity index (χ2v) is 7.05. The Hall–Kier alpha value is -3.72. The number of hydrogen-bond donors (Lipinski definition) is 2. The van der Waals surface area contributed by atoms with E-state index in [9.17, 15) is 4.79 Å². The van der Waals surface area contributed by atoms with Gasteiger partial charge in [0.05, 0.1) is 12.2 Å². The molecule has 3 aromatic rings. The second kappa shape index (κ2) is 10.2. The summed E-state index contributed by atoms with van der Waals surface area (Å²) >= 11 is 0. The number of aryl methyl sites for hydroxylation is 2. The van der Waals surface area contributed by atoms with Crippen LogP contribution in [0.2, 0.25) is 0 Å². The fourth-order valence-electron chi connectivity index (χ4n) is 3.13. The first-order valence-corrected chi connectivity index (χ1v) is 9.83. The van der Waals surface area contributed by atoms with Gasteiger partial charge >= 0.3 is 6.03 Å². The number of terminal acetylenes is 1. The summed E-state index contributed by atoms with van der Waals surface area (Å²) in [5, 5.41) is 10.3. The van der Waals surface area contributed by atoms with E-state index in [1.54, 1.807) is 0 Å². The number of ether oxygens (including phenoxy) is 1. The maximum Gasteiger partial charge on any atom is 0.319 e. The molecule has 3 rings (SSSR count). The predicted molar refractivity (Wildman–Crippen MR) is 119 cm³/mol.